The highest BCUT2D eigenvalue weighted by Gasteiger charge is 2.11. The van der Waals surface area contributed by atoms with Crippen LogP contribution >= 0.6 is 22.9 Å². The summed E-state index contributed by atoms with van der Waals surface area (Å²) in [5.74, 6) is 0.275. The molecule has 0 spiro atoms. The van der Waals surface area contributed by atoms with Gasteiger partial charge in [0.05, 0.1) is 21.7 Å². The van der Waals surface area contributed by atoms with E-state index in [1.54, 1.807) is 0 Å². The highest BCUT2D eigenvalue weighted by molar-refractivity contribution is 7.15. The number of nitro benzene ring substituents is 1. The van der Waals surface area contributed by atoms with Crippen molar-refractivity contribution in [2.75, 3.05) is 0 Å². The SMILES string of the molecule is O=[N+]([O-])c1ccc(Cl)c(OCc2cn3ccsc3n2)c1. The zero-order chi connectivity index (χ0) is 14.1. The Labute approximate surface area is 122 Å². The number of nitro groups is 1. The Kier molecular flexibility index (Phi) is 3.29. The van der Waals surface area contributed by atoms with Crippen LogP contribution in [0.15, 0.2) is 36.0 Å². The first-order valence-electron chi connectivity index (χ1n) is 5.61. The van der Waals surface area contributed by atoms with Crippen LogP contribution in [0.2, 0.25) is 5.02 Å². The summed E-state index contributed by atoms with van der Waals surface area (Å²) in [6.45, 7) is 0.204. The van der Waals surface area contributed by atoms with Crippen LogP contribution in [0.25, 0.3) is 4.96 Å². The molecule has 2 aromatic heterocycles. The van der Waals surface area contributed by atoms with Crippen molar-refractivity contribution < 1.29 is 9.66 Å². The fraction of sp³-hybridized carbons (Fsp3) is 0.0833. The van der Waals surface area contributed by atoms with E-state index in [4.69, 9.17) is 16.3 Å². The molecule has 1 aromatic carbocycles. The van der Waals surface area contributed by atoms with Crippen molar-refractivity contribution in [1.29, 1.82) is 0 Å². The van der Waals surface area contributed by atoms with Gasteiger partial charge in [-0.15, -0.1) is 11.3 Å². The van der Waals surface area contributed by atoms with E-state index in [9.17, 15) is 10.1 Å². The topological polar surface area (TPSA) is 69.7 Å². The number of non-ortho nitro benzene ring substituents is 1. The number of thiazole rings is 1. The zero-order valence-corrected chi connectivity index (χ0v) is 11.6. The highest BCUT2D eigenvalue weighted by atomic mass is 35.5. The summed E-state index contributed by atoms with van der Waals surface area (Å²) in [5.41, 5.74) is 0.676. The third-order valence-corrected chi connectivity index (χ3v) is 3.73. The smallest absolute Gasteiger partial charge is 0.273 e. The molecule has 0 fully saturated rings. The van der Waals surface area contributed by atoms with E-state index < -0.39 is 4.92 Å². The zero-order valence-electron chi connectivity index (χ0n) is 10.0. The lowest BCUT2D eigenvalue weighted by molar-refractivity contribution is -0.384. The standard InChI is InChI=1S/C12H8ClN3O3S/c13-10-2-1-9(16(17)18)5-11(10)19-7-8-6-15-3-4-20-12(15)14-8/h1-6H,7H2. The van der Waals surface area contributed by atoms with Crippen molar-refractivity contribution in [3.63, 3.8) is 0 Å². The molecule has 0 saturated carbocycles. The molecule has 3 rings (SSSR count). The number of hydrogen-bond donors (Lipinski definition) is 0. The third kappa shape index (κ3) is 2.45. The van der Waals surface area contributed by atoms with Crippen molar-refractivity contribution in [3.8, 4) is 5.75 Å². The average Bonchev–Trinajstić information content (AvgIpc) is 2.98. The first-order valence-corrected chi connectivity index (χ1v) is 6.87. The molecule has 0 aliphatic heterocycles. The van der Waals surface area contributed by atoms with Crippen molar-refractivity contribution in [2.24, 2.45) is 0 Å². The van der Waals surface area contributed by atoms with Crippen LogP contribution in [0.4, 0.5) is 5.69 Å². The second-order valence-corrected chi connectivity index (χ2v) is 5.27. The normalized spacial score (nSPS) is 10.8. The Morgan fingerprint density at radius 2 is 2.35 bits per heavy atom. The van der Waals surface area contributed by atoms with Crippen LogP contribution in [-0.2, 0) is 6.61 Å². The molecule has 2 heterocycles. The monoisotopic (exact) mass is 309 g/mol. The van der Waals surface area contributed by atoms with Crippen LogP contribution in [0.5, 0.6) is 5.75 Å². The average molecular weight is 310 g/mol. The molecule has 0 N–H and O–H groups in total. The molecule has 0 bridgehead atoms. The van der Waals surface area contributed by atoms with Gasteiger partial charge in [0, 0.05) is 23.8 Å². The molecule has 0 radical (unpaired) electrons. The number of aromatic nitrogens is 2. The van der Waals surface area contributed by atoms with Gasteiger partial charge in [-0.2, -0.15) is 0 Å². The number of rotatable bonds is 4. The quantitative estimate of drug-likeness (QED) is 0.546. The first kappa shape index (κ1) is 12.9. The molecule has 6 nitrogen and oxygen atoms in total. The fourth-order valence-electron chi connectivity index (χ4n) is 1.71. The Morgan fingerprint density at radius 3 is 3.10 bits per heavy atom. The van der Waals surface area contributed by atoms with Gasteiger partial charge in [-0.05, 0) is 6.07 Å². The van der Waals surface area contributed by atoms with Gasteiger partial charge in [0.15, 0.2) is 4.96 Å². The lowest BCUT2D eigenvalue weighted by Crippen LogP contribution is -1.97. The van der Waals surface area contributed by atoms with E-state index >= 15 is 0 Å². The van der Waals surface area contributed by atoms with Crippen LogP contribution in [0.3, 0.4) is 0 Å². The van der Waals surface area contributed by atoms with Crippen LogP contribution in [-0.4, -0.2) is 14.3 Å². The lowest BCUT2D eigenvalue weighted by Gasteiger charge is -2.05. The van der Waals surface area contributed by atoms with Gasteiger partial charge in [0.2, 0.25) is 0 Å². The largest absolute Gasteiger partial charge is 0.485 e. The van der Waals surface area contributed by atoms with Crippen molar-refractivity contribution in [1.82, 2.24) is 9.38 Å². The number of benzene rings is 1. The Balaban J connectivity index is 1.79. The molecule has 0 unspecified atom stereocenters. The maximum Gasteiger partial charge on any atom is 0.273 e. The van der Waals surface area contributed by atoms with Gasteiger partial charge in [-0.25, -0.2) is 4.98 Å². The third-order valence-electron chi connectivity index (χ3n) is 2.64. The van der Waals surface area contributed by atoms with Crippen molar-refractivity contribution in [2.45, 2.75) is 6.61 Å². The summed E-state index contributed by atoms with van der Waals surface area (Å²) in [7, 11) is 0. The number of ether oxygens (including phenoxy) is 1. The van der Waals surface area contributed by atoms with Gasteiger partial charge in [-0.1, -0.05) is 11.6 Å². The van der Waals surface area contributed by atoms with Crippen molar-refractivity contribution in [3.05, 3.63) is 56.8 Å². The number of fused-ring (bicyclic) bond motifs is 1. The minimum absolute atomic E-state index is 0.0600. The maximum absolute atomic E-state index is 10.7. The Morgan fingerprint density at radius 1 is 1.50 bits per heavy atom. The molecule has 0 saturated heterocycles. The summed E-state index contributed by atoms with van der Waals surface area (Å²) >= 11 is 7.47. The molecule has 0 atom stereocenters. The van der Waals surface area contributed by atoms with Crippen LogP contribution in [0.1, 0.15) is 5.69 Å². The van der Waals surface area contributed by atoms with E-state index in [1.807, 2.05) is 22.2 Å². The molecular formula is C12H8ClN3O3S. The number of nitrogens with zero attached hydrogens (tertiary/aromatic N) is 3. The number of imidazole rings is 1. The second-order valence-electron chi connectivity index (χ2n) is 3.99. The van der Waals surface area contributed by atoms with Gasteiger partial charge >= 0.3 is 0 Å². The molecule has 20 heavy (non-hydrogen) atoms. The van der Waals surface area contributed by atoms with E-state index in [-0.39, 0.29) is 18.0 Å². The van der Waals surface area contributed by atoms with E-state index in [2.05, 4.69) is 4.98 Å². The minimum atomic E-state index is -0.490. The second kappa shape index (κ2) is 5.10. The summed E-state index contributed by atoms with van der Waals surface area (Å²) in [5, 5.41) is 13.0. The van der Waals surface area contributed by atoms with E-state index in [1.165, 1.54) is 29.5 Å². The number of hydrogen-bond acceptors (Lipinski definition) is 5. The molecule has 102 valence electrons. The molecule has 3 aromatic rings. The van der Waals surface area contributed by atoms with Gasteiger partial charge in [-0.3, -0.25) is 14.5 Å². The highest BCUT2D eigenvalue weighted by Crippen LogP contribution is 2.29. The van der Waals surface area contributed by atoms with E-state index in [0.717, 1.165) is 10.7 Å². The van der Waals surface area contributed by atoms with E-state index in [0.29, 0.717) is 5.02 Å². The Hall–Kier alpha value is -2.12. The summed E-state index contributed by atoms with van der Waals surface area (Å²) in [6, 6.07) is 4.09. The Bertz CT molecular complexity index is 755. The lowest BCUT2D eigenvalue weighted by atomic mass is 10.3. The molecule has 0 aliphatic rings. The van der Waals surface area contributed by atoms with Crippen molar-refractivity contribution >= 4 is 33.6 Å². The van der Waals surface area contributed by atoms with Gasteiger partial charge in [0.1, 0.15) is 12.4 Å². The minimum Gasteiger partial charge on any atom is -0.485 e. The predicted molar refractivity (Wildman–Crippen MR) is 75.5 cm³/mol. The predicted octanol–water partition coefficient (Wildman–Crippen LogP) is 3.54. The first-order chi connectivity index (χ1) is 9.63. The molecule has 8 heteroatoms. The van der Waals surface area contributed by atoms with Gasteiger partial charge < -0.3 is 4.74 Å². The summed E-state index contributed by atoms with van der Waals surface area (Å²) in [4.78, 5) is 15.4. The maximum atomic E-state index is 10.7. The van der Waals surface area contributed by atoms with Gasteiger partial charge in [0.25, 0.3) is 5.69 Å². The van der Waals surface area contributed by atoms with Crippen LogP contribution < -0.4 is 4.74 Å². The summed E-state index contributed by atoms with van der Waals surface area (Å²) in [6.07, 6.45) is 3.74. The van der Waals surface area contributed by atoms with Crippen LogP contribution in [0, 0.1) is 10.1 Å². The molecule has 0 amide bonds. The molecular weight excluding hydrogens is 302 g/mol. The number of halogens is 1. The molecule has 0 aliphatic carbocycles. The summed E-state index contributed by atoms with van der Waals surface area (Å²) < 4.78 is 7.39. The fourth-order valence-corrected chi connectivity index (χ4v) is 2.60.